The summed E-state index contributed by atoms with van der Waals surface area (Å²) in [4.78, 5) is 26.7. The topological polar surface area (TPSA) is 65.1 Å². The molecule has 2 amide bonds. The fourth-order valence-corrected chi connectivity index (χ4v) is 4.61. The van der Waals surface area contributed by atoms with Gasteiger partial charge in [-0.2, -0.15) is 0 Å². The van der Waals surface area contributed by atoms with Gasteiger partial charge in [-0.05, 0) is 72.3 Å². The van der Waals surface area contributed by atoms with Crippen LogP contribution in [0.1, 0.15) is 18.1 Å². The molecule has 36 heavy (non-hydrogen) atoms. The molecule has 0 atom stereocenters. The Morgan fingerprint density at radius 3 is 2.56 bits per heavy atom. The number of nitrogens with zero attached hydrogens (tertiary/aromatic N) is 1. The van der Waals surface area contributed by atoms with Gasteiger partial charge in [-0.1, -0.05) is 41.9 Å². The first kappa shape index (κ1) is 25.6. The molecule has 3 aromatic carbocycles. The average molecular weight is 528 g/mol. The molecule has 1 fully saturated rings. The Labute approximate surface area is 217 Å². The number of hydrogen-bond donors (Lipinski definition) is 0. The first-order chi connectivity index (χ1) is 17.4. The van der Waals surface area contributed by atoms with Crippen molar-refractivity contribution in [1.82, 2.24) is 4.90 Å². The van der Waals surface area contributed by atoms with Crippen LogP contribution in [0.4, 0.5) is 9.18 Å². The minimum atomic E-state index is -0.401. The predicted molar refractivity (Wildman–Crippen MR) is 138 cm³/mol. The summed E-state index contributed by atoms with van der Waals surface area (Å²) < 4.78 is 30.6. The lowest BCUT2D eigenvalue weighted by atomic mass is 10.1. The highest BCUT2D eigenvalue weighted by Crippen LogP contribution is 2.39. The Hall–Kier alpha value is -3.49. The van der Waals surface area contributed by atoms with E-state index in [1.807, 2.05) is 25.1 Å². The van der Waals surface area contributed by atoms with Crippen LogP contribution in [0.5, 0.6) is 17.2 Å². The molecule has 1 aliphatic rings. The minimum Gasteiger partial charge on any atom is -0.492 e. The summed E-state index contributed by atoms with van der Waals surface area (Å²) in [7, 11) is 0. The second-order valence-corrected chi connectivity index (χ2v) is 9.08. The molecule has 1 aliphatic heterocycles. The van der Waals surface area contributed by atoms with E-state index in [1.54, 1.807) is 42.5 Å². The van der Waals surface area contributed by atoms with Crippen LogP contribution >= 0.6 is 23.4 Å². The van der Waals surface area contributed by atoms with Crippen molar-refractivity contribution in [2.45, 2.75) is 13.5 Å². The normalized spacial score (nSPS) is 14.4. The molecule has 0 N–H and O–H groups in total. The summed E-state index contributed by atoms with van der Waals surface area (Å²) in [6, 6.07) is 18.6. The zero-order chi connectivity index (χ0) is 25.5. The number of ether oxygens (including phenoxy) is 3. The highest BCUT2D eigenvalue weighted by atomic mass is 35.5. The third-order valence-electron chi connectivity index (χ3n) is 5.10. The standard InChI is InChI=1S/C27H23ClFNO5S/c1-2-33-23-15-19(14-22(28)25(23)35-17-18-7-6-8-20(29)13-18)16-24-26(31)30(27(32)36-24)11-12-34-21-9-4-3-5-10-21/h3-10,13-16H,2,11-12,17H2,1H3/b24-16-. The van der Waals surface area contributed by atoms with E-state index in [-0.39, 0.29) is 40.7 Å². The van der Waals surface area contributed by atoms with Crippen molar-refractivity contribution in [3.63, 3.8) is 0 Å². The zero-order valence-electron chi connectivity index (χ0n) is 19.4. The number of rotatable bonds is 10. The number of halogens is 2. The van der Waals surface area contributed by atoms with Gasteiger partial charge in [-0.3, -0.25) is 14.5 Å². The largest absolute Gasteiger partial charge is 0.492 e. The van der Waals surface area contributed by atoms with Crippen LogP contribution in [-0.4, -0.2) is 35.8 Å². The summed E-state index contributed by atoms with van der Waals surface area (Å²) >= 11 is 7.33. The monoisotopic (exact) mass is 527 g/mol. The van der Waals surface area contributed by atoms with Gasteiger partial charge in [0.1, 0.15) is 24.8 Å². The van der Waals surface area contributed by atoms with Gasteiger partial charge in [-0.25, -0.2) is 4.39 Å². The van der Waals surface area contributed by atoms with Crippen molar-refractivity contribution in [1.29, 1.82) is 0 Å². The van der Waals surface area contributed by atoms with E-state index in [1.165, 1.54) is 12.1 Å². The minimum absolute atomic E-state index is 0.0981. The lowest BCUT2D eigenvalue weighted by Crippen LogP contribution is -2.32. The number of thioether (sulfide) groups is 1. The van der Waals surface area contributed by atoms with Crippen molar-refractivity contribution in [2.24, 2.45) is 0 Å². The second kappa shape index (κ2) is 12.0. The van der Waals surface area contributed by atoms with Gasteiger partial charge in [-0.15, -0.1) is 0 Å². The van der Waals surface area contributed by atoms with Crippen molar-refractivity contribution in [2.75, 3.05) is 19.8 Å². The SMILES string of the molecule is CCOc1cc(/C=C2\SC(=O)N(CCOc3ccccc3)C2=O)cc(Cl)c1OCc1cccc(F)c1. The number of carbonyl (C=O) groups excluding carboxylic acids is 2. The molecule has 4 rings (SSSR count). The summed E-state index contributed by atoms with van der Waals surface area (Å²) in [5.74, 6) is 0.595. The molecule has 1 heterocycles. The molecule has 6 nitrogen and oxygen atoms in total. The van der Waals surface area contributed by atoms with E-state index in [0.29, 0.717) is 35.0 Å². The van der Waals surface area contributed by atoms with Crippen molar-refractivity contribution >= 4 is 40.6 Å². The maximum Gasteiger partial charge on any atom is 0.293 e. The van der Waals surface area contributed by atoms with Gasteiger partial charge in [0.2, 0.25) is 0 Å². The maximum absolute atomic E-state index is 13.5. The quantitative estimate of drug-likeness (QED) is 0.278. The predicted octanol–water partition coefficient (Wildman–Crippen LogP) is 6.57. The molecular weight excluding hydrogens is 505 g/mol. The molecule has 0 aromatic heterocycles. The molecule has 0 unspecified atom stereocenters. The van der Waals surface area contributed by atoms with Crippen LogP contribution in [0, 0.1) is 5.82 Å². The Morgan fingerprint density at radius 2 is 1.81 bits per heavy atom. The molecule has 0 aliphatic carbocycles. The number of imide groups is 1. The van der Waals surface area contributed by atoms with Crippen LogP contribution in [0.2, 0.25) is 5.02 Å². The van der Waals surface area contributed by atoms with Crippen LogP contribution in [-0.2, 0) is 11.4 Å². The first-order valence-corrected chi connectivity index (χ1v) is 12.4. The fraction of sp³-hybridized carbons (Fsp3) is 0.185. The van der Waals surface area contributed by atoms with E-state index >= 15 is 0 Å². The summed E-state index contributed by atoms with van der Waals surface area (Å²) in [5.41, 5.74) is 1.22. The lowest BCUT2D eigenvalue weighted by molar-refractivity contribution is -0.123. The number of amides is 2. The smallest absolute Gasteiger partial charge is 0.293 e. The van der Waals surface area contributed by atoms with E-state index in [2.05, 4.69) is 0 Å². The summed E-state index contributed by atoms with van der Waals surface area (Å²) in [6.07, 6.45) is 1.59. The molecule has 0 bridgehead atoms. The Balaban J connectivity index is 1.47. The van der Waals surface area contributed by atoms with Gasteiger partial charge in [0, 0.05) is 0 Å². The molecule has 0 radical (unpaired) electrons. The fourth-order valence-electron chi connectivity index (χ4n) is 3.47. The average Bonchev–Trinajstić information content (AvgIpc) is 3.12. The Kier molecular flexibility index (Phi) is 8.51. The second-order valence-electron chi connectivity index (χ2n) is 7.68. The maximum atomic E-state index is 13.5. The van der Waals surface area contributed by atoms with Crippen molar-refractivity contribution in [3.05, 3.63) is 93.6 Å². The van der Waals surface area contributed by atoms with Crippen LogP contribution in [0.3, 0.4) is 0 Å². The van der Waals surface area contributed by atoms with E-state index < -0.39 is 5.91 Å². The molecule has 186 valence electrons. The van der Waals surface area contributed by atoms with E-state index in [4.69, 9.17) is 25.8 Å². The van der Waals surface area contributed by atoms with Gasteiger partial charge in [0.25, 0.3) is 11.1 Å². The van der Waals surface area contributed by atoms with E-state index in [0.717, 1.165) is 16.7 Å². The van der Waals surface area contributed by atoms with Gasteiger partial charge < -0.3 is 14.2 Å². The van der Waals surface area contributed by atoms with E-state index in [9.17, 15) is 14.0 Å². The Morgan fingerprint density at radius 1 is 1.00 bits per heavy atom. The Bertz CT molecular complexity index is 1280. The molecule has 1 saturated heterocycles. The van der Waals surface area contributed by atoms with Gasteiger partial charge in [0.15, 0.2) is 11.5 Å². The highest BCUT2D eigenvalue weighted by molar-refractivity contribution is 8.18. The van der Waals surface area contributed by atoms with Crippen LogP contribution in [0.25, 0.3) is 6.08 Å². The molecule has 0 spiro atoms. The highest BCUT2D eigenvalue weighted by Gasteiger charge is 2.35. The van der Waals surface area contributed by atoms with Crippen molar-refractivity contribution < 1.29 is 28.2 Å². The first-order valence-electron chi connectivity index (χ1n) is 11.2. The number of hydrogen-bond acceptors (Lipinski definition) is 6. The van der Waals surface area contributed by atoms with Gasteiger partial charge >= 0.3 is 0 Å². The molecule has 0 saturated carbocycles. The number of para-hydroxylation sites is 1. The molecule has 3 aromatic rings. The molecule has 9 heteroatoms. The molecular formula is C27H23ClFNO5S. The van der Waals surface area contributed by atoms with Crippen LogP contribution < -0.4 is 14.2 Å². The van der Waals surface area contributed by atoms with Crippen LogP contribution in [0.15, 0.2) is 71.6 Å². The number of benzene rings is 3. The van der Waals surface area contributed by atoms with Gasteiger partial charge in [0.05, 0.1) is 23.1 Å². The lowest BCUT2D eigenvalue weighted by Gasteiger charge is -2.15. The zero-order valence-corrected chi connectivity index (χ0v) is 21.0. The summed E-state index contributed by atoms with van der Waals surface area (Å²) in [6.45, 7) is 2.59. The third-order valence-corrected chi connectivity index (χ3v) is 6.29. The third kappa shape index (κ3) is 6.38. The van der Waals surface area contributed by atoms with Crippen molar-refractivity contribution in [3.8, 4) is 17.2 Å². The number of carbonyl (C=O) groups is 2. The summed E-state index contributed by atoms with van der Waals surface area (Å²) in [5, 5.41) is -0.104.